The van der Waals surface area contributed by atoms with Crippen LogP contribution in [0.4, 0.5) is 5.69 Å². The smallest absolute Gasteiger partial charge is 0.268 e. The molecule has 0 saturated carbocycles. The van der Waals surface area contributed by atoms with E-state index in [0.717, 1.165) is 11.3 Å². The molecule has 3 aromatic rings. The summed E-state index contributed by atoms with van der Waals surface area (Å²) in [6, 6.07) is 22.8. The molecule has 190 valence electrons. The summed E-state index contributed by atoms with van der Waals surface area (Å²) in [5.74, 6) is -1.36. The molecule has 1 aliphatic heterocycles. The van der Waals surface area contributed by atoms with Gasteiger partial charge in [0, 0.05) is 17.9 Å². The third-order valence-electron chi connectivity index (χ3n) is 6.47. The molecule has 0 radical (unpaired) electrons. The Balaban J connectivity index is 1.46. The van der Waals surface area contributed by atoms with E-state index >= 15 is 0 Å². The van der Waals surface area contributed by atoms with Gasteiger partial charge in [0.2, 0.25) is 11.8 Å². The van der Waals surface area contributed by atoms with E-state index in [-0.39, 0.29) is 30.7 Å². The van der Waals surface area contributed by atoms with E-state index in [9.17, 15) is 19.6 Å². The Labute approximate surface area is 216 Å². The van der Waals surface area contributed by atoms with E-state index in [1.807, 2.05) is 68.4 Å². The summed E-state index contributed by atoms with van der Waals surface area (Å²) < 4.78 is 0. The maximum Gasteiger partial charge on any atom is 0.268 e. The number of aromatic nitrogens is 1. The Hall–Kier alpha value is -4.38. The number of nitrogens with zero attached hydrogens (tertiary/aromatic N) is 2. The Morgan fingerprint density at radius 1 is 1.03 bits per heavy atom. The van der Waals surface area contributed by atoms with Crippen LogP contribution in [0.3, 0.4) is 0 Å². The van der Waals surface area contributed by atoms with Gasteiger partial charge in [0.05, 0.1) is 12.0 Å². The van der Waals surface area contributed by atoms with Gasteiger partial charge in [0.1, 0.15) is 17.8 Å². The van der Waals surface area contributed by atoms with E-state index in [2.05, 4.69) is 21.7 Å². The van der Waals surface area contributed by atoms with Crippen molar-refractivity contribution >= 4 is 23.4 Å². The van der Waals surface area contributed by atoms with Crippen LogP contribution in [0.5, 0.6) is 0 Å². The molecule has 1 saturated heterocycles. The maximum absolute atomic E-state index is 13.6. The van der Waals surface area contributed by atoms with Crippen molar-refractivity contribution in [3.8, 4) is 17.3 Å². The van der Waals surface area contributed by atoms with Crippen LogP contribution in [0.15, 0.2) is 72.8 Å². The number of likely N-dealkylation sites (tertiary alicyclic amines) is 1. The summed E-state index contributed by atoms with van der Waals surface area (Å²) >= 11 is 0. The SMILES string of the molecule is CC(C)CC(NC(=O)c1ccc(-c2ccccc2)[nH]1)C(=O)N1CC(C(=O)Nc2ccccc2)CC1C#N. The van der Waals surface area contributed by atoms with Gasteiger partial charge in [-0.2, -0.15) is 5.26 Å². The number of anilines is 1. The van der Waals surface area contributed by atoms with Crippen molar-refractivity contribution in [2.45, 2.75) is 38.8 Å². The molecule has 8 nitrogen and oxygen atoms in total. The van der Waals surface area contributed by atoms with Crippen molar-refractivity contribution in [2.75, 3.05) is 11.9 Å². The zero-order valence-corrected chi connectivity index (χ0v) is 21.0. The van der Waals surface area contributed by atoms with Crippen LogP contribution in [-0.2, 0) is 9.59 Å². The standard InChI is InChI=1S/C29H31N5O3/c1-19(2)15-26(33-28(36)25-14-13-24(32-25)20-9-5-3-6-10-20)29(37)34-18-21(16-23(34)17-30)27(35)31-22-11-7-4-8-12-22/h3-14,19,21,23,26,32H,15-16,18H2,1-2H3,(H,31,35)(H,33,36). The van der Waals surface area contributed by atoms with Gasteiger partial charge in [-0.1, -0.05) is 62.4 Å². The molecule has 3 amide bonds. The molecule has 3 unspecified atom stereocenters. The van der Waals surface area contributed by atoms with Crippen LogP contribution in [-0.4, -0.2) is 46.2 Å². The monoisotopic (exact) mass is 497 g/mol. The first-order valence-corrected chi connectivity index (χ1v) is 12.5. The van der Waals surface area contributed by atoms with Crippen LogP contribution in [0.25, 0.3) is 11.3 Å². The lowest BCUT2D eigenvalue weighted by Gasteiger charge is -2.27. The number of carbonyl (C=O) groups is 3. The van der Waals surface area contributed by atoms with E-state index in [0.29, 0.717) is 17.8 Å². The molecule has 3 atom stereocenters. The van der Waals surface area contributed by atoms with Crippen molar-refractivity contribution < 1.29 is 14.4 Å². The van der Waals surface area contributed by atoms with Crippen LogP contribution >= 0.6 is 0 Å². The molecule has 1 aliphatic rings. The number of nitrogens with one attached hydrogen (secondary N) is 3. The van der Waals surface area contributed by atoms with Crippen LogP contribution < -0.4 is 10.6 Å². The summed E-state index contributed by atoms with van der Waals surface area (Å²) in [6.45, 7) is 4.06. The highest BCUT2D eigenvalue weighted by atomic mass is 16.2. The number of amides is 3. The highest BCUT2D eigenvalue weighted by Crippen LogP contribution is 2.26. The van der Waals surface area contributed by atoms with Crippen LogP contribution in [0.2, 0.25) is 0 Å². The van der Waals surface area contributed by atoms with E-state index in [1.54, 1.807) is 18.2 Å². The van der Waals surface area contributed by atoms with Gasteiger partial charge in [0.15, 0.2) is 0 Å². The lowest BCUT2D eigenvalue weighted by Crippen LogP contribution is -2.50. The molecule has 1 aromatic heterocycles. The largest absolute Gasteiger partial charge is 0.351 e. The number of carbonyl (C=O) groups excluding carboxylic acids is 3. The molecule has 3 N–H and O–H groups in total. The molecule has 2 aromatic carbocycles. The molecule has 0 bridgehead atoms. The number of nitriles is 1. The Bertz CT molecular complexity index is 1280. The third-order valence-corrected chi connectivity index (χ3v) is 6.47. The van der Waals surface area contributed by atoms with Gasteiger partial charge in [-0.15, -0.1) is 0 Å². The Kier molecular flexibility index (Phi) is 8.04. The minimum atomic E-state index is -0.817. The normalized spacial score (nSPS) is 17.7. The quantitative estimate of drug-likeness (QED) is 0.432. The average molecular weight is 498 g/mol. The number of hydrogen-bond donors (Lipinski definition) is 3. The molecule has 8 heteroatoms. The molecule has 2 heterocycles. The van der Waals surface area contributed by atoms with Crippen LogP contribution in [0, 0.1) is 23.2 Å². The minimum Gasteiger partial charge on any atom is -0.351 e. The number of rotatable bonds is 8. The topological polar surface area (TPSA) is 118 Å². The average Bonchev–Trinajstić information content (AvgIpc) is 3.57. The third kappa shape index (κ3) is 6.25. The Morgan fingerprint density at radius 3 is 2.35 bits per heavy atom. The van der Waals surface area contributed by atoms with Gasteiger partial charge < -0.3 is 20.5 Å². The molecular weight excluding hydrogens is 466 g/mol. The number of hydrogen-bond acceptors (Lipinski definition) is 4. The Morgan fingerprint density at radius 2 is 1.70 bits per heavy atom. The molecule has 0 spiro atoms. The van der Waals surface area contributed by atoms with Gasteiger partial charge in [-0.05, 0) is 48.6 Å². The first-order chi connectivity index (χ1) is 17.9. The first kappa shape index (κ1) is 25.7. The molecule has 0 aliphatic carbocycles. The van der Waals surface area contributed by atoms with E-state index in [4.69, 9.17) is 0 Å². The van der Waals surface area contributed by atoms with Crippen molar-refractivity contribution in [3.05, 3.63) is 78.5 Å². The second-order valence-electron chi connectivity index (χ2n) is 9.73. The molecule has 4 rings (SSSR count). The second kappa shape index (κ2) is 11.6. The fourth-order valence-corrected chi connectivity index (χ4v) is 4.60. The lowest BCUT2D eigenvalue weighted by atomic mass is 10.0. The fraction of sp³-hybridized carbons (Fsp3) is 0.310. The summed E-state index contributed by atoms with van der Waals surface area (Å²) in [7, 11) is 0. The van der Waals surface area contributed by atoms with Gasteiger partial charge in [-0.3, -0.25) is 14.4 Å². The maximum atomic E-state index is 13.6. The van der Waals surface area contributed by atoms with Gasteiger partial charge >= 0.3 is 0 Å². The van der Waals surface area contributed by atoms with Crippen LogP contribution in [0.1, 0.15) is 37.2 Å². The van der Waals surface area contributed by atoms with Gasteiger partial charge in [-0.25, -0.2) is 0 Å². The molecule has 1 fully saturated rings. The number of para-hydroxylation sites is 1. The number of benzene rings is 2. The highest BCUT2D eigenvalue weighted by molar-refractivity contribution is 5.98. The van der Waals surface area contributed by atoms with E-state index in [1.165, 1.54) is 4.90 Å². The lowest BCUT2D eigenvalue weighted by molar-refractivity contribution is -0.133. The zero-order chi connectivity index (χ0) is 26.4. The summed E-state index contributed by atoms with van der Waals surface area (Å²) in [6.07, 6.45) is 0.659. The minimum absolute atomic E-state index is 0.123. The fourth-order valence-electron chi connectivity index (χ4n) is 4.60. The van der Waals surface area contributed by atoms with Crippen molar-refractivity contribution in [3.63, 3.8) is 0 Å². The number of aromatic amines is 1. The second-order valence-corrected chi connectivity index (χ2v) is 9.73. The van der Waals surface area contributed by atoms with Gasteiger partial charge in [0.25, 0.3) is 5.91 Å². The van der Waals surface area contributed by atoms with Crippen molar-refractivity contribution in [1.82, 2.24) is 15.2 Å². The van der Waals surface area contributed by atoms with E-state index < -0.39 is 23.9 Å². The predicted molar refractivity (Wildman–Crippen MR) is 141 cm³/mol. The first-order valence-electron chi connectivity index (χ1n) is 12.5. The highest BCUT2D eigenvalue weighted by Gasteiger charge is 2.41. The van der Waals surface area contributed by atoms with Crippen molar-refractivity contribution in [1.29, 1.82) is 5.26 Å². The zero-order valence-electron chi connectivity index (χ0n) is 21.0. The summed E-state index contributed by atoms with van der Waals surface area (Å²) in [5, 5.41) is 15.5. The molecule has 37 heavy (non-hydrogen) atoms. The van der Waals surface area contributed by atoms with Crippen molar-refractivity contribution in [2.24, 2.45) is 11.8 Å². The predicted octanol–water partition coefficient (Wildman–Crippen LogP) is 4.21. The summed E-state index contributed by atoms with van der Waals surface area (Å²) in [5.41, 5.74) is 2.76. The summed E-state index contributed by atoms with van der Waals surface area (Å²) in [4.78, 5) is 44.1. The number of H-pyrrole nitrogens is 1. The molecular formula is C29H31N5O3.